The molecule has 0 fully saturated rings. The molecular formula is C15H20O3. The van der Waals surface area contributed by atoms with E-state index in [0.717, 1.165) is 11.1 Å². The largest absolute Gasteiger partial charge is 0.496 e. The summed E-state index contributed by atoms with van der Waals surface area (Å²) in [5.41, 5.74) is 1.66. The van der Waals surface area contributed by atoms with Crippen LogP contribution in [0.3, 0.4) is 0 Å². The summed E-state index contributed by atoms with van der Waals surface area (Å²) >= 11 is 0. The second-order valence-electron chi connectivity index (χ2n) is 4.64. The predicted octanol–water partition coefficient (Wildman–Crippen LogP) is 3.42. The fourth-order valence-corrected chi connectivity index (χ4v) is 2.21. The molecule has 0 radical (unpaired) electrons. The first kappa shape index (κ1) is 14.3. The molecular weight excluding hydrogens is 228 g/mol. The van der Waals surface area contributed by atoms with Crippen molar-refractivity contribution in [1.82, 2.24) is 0 Å². The molecule has 0 heterocycles. The van der Waals surface area contributed by atoms with E-state index in [1.165, 1.54) is 0 Å². The molecule has 3 heteroatoms. The molecule has 0 aliphatic carbocycles. The number of carboxylic acid groups (broad SMARTS) is 1. The third-order valence-corrected chi connectivity index (χ3v) is 3.00. The van der Waals surface area contributed by atoms with Crippen LogP contribution in [0.1, 0.15) is 26.3 Å². The lowest BCUT2D eigenvalue weighted by Crippen LogP contribution is -2.22. The SMILES string of the molecule is COC(=C(C)C(C(=O)O)C(C)C)c1ccccc1. The molecule has 0 amide bonds. The maximum Gasteiger partial charge on any atom is 0.311 e. The fourth-order valence-electron chi connectivity index (χ4n) is 2.21. The first-order valence-electron chi connectivity index (χ1n) is 6.02. The number of hydrogen-bond acceptors (Lipinski definition) is 2. The molecule has 0 bridgehead atoms. The summed E-state index contributed by atoms with van der Waals surface area (Å²) < 4.78 is 5.40. The molecule has 0 aromatic heterocycles. The minimum atomic E-state index is -0.812. The molecule has 0 aliphatic rings. The van der Waals surface area contributed by atoms with Gasteiger partial charge in [0.25, 0.3) is 0 Å². The predicted molar refractivity (Wildman–Crippen MR) is 72.0 cm³/mol. The summed E-state index contributed by atoms with van der Waals surface area (Å²) in [7, 11) is 1.57. The van der Waals surface area contributed by atoms with Crippen molar-refractivity contribution in [3.05, 3.63) is 41.5 Å². The standard InChI is InChI=1S/C15H20O3/c1-10(2)13(15(16)17)11(3)14(18-4)12-8-6-5-7-9-12/h5-10,13H,1-4H3,(H,16,17). The molecule has 98 valence electrons. The third kappa shape index (κ3) is 3.13. The maximum atomic E-state index is 11.3. The Balaban J connectivity index is 3.25. The van der Waals surface area contributed by atoms with Gasteiger partial charge in [0, 0.05) is 5.56 Å². The number of aliphatic carboxylic acids is 1. The quantitative estimate of drug-likeness (QED) is 0.812. The van der Waals surface area contributed by atoms with E-state index in [0.29, 0.717) is 5.76 Å². The van der Waals surface area contributed by atoms with Crippen molar-refractivity contribution >= 4 is 11.7 Å². The first-order chi connectivity index (χ1) is 8.49. The molecule has 1 aromatic carbocycles. The van der Waals surface area contributed by atoms with Crippen molar-refractivity contribution in [3.63, 3.8) is 0 Å². The van der Waals surface area contributed by atoms with Crippen LogP contribution in [-0.2, 0) is 9.53 Å². The van der Waals surface area contributed by atoms with E-state index in [1.54, 1.807) is 7.11 Å². The van der Waals surface area contributed by atoms with Crippen LogP contribution < -0.4 is 0 Å². The molecule has 0 spiro atoms. The Hall–Kier alpha value is -1.77. The lowest BCUT2D eigenvalue weighted by atomic mass is 9.87. The Morgan fingerprint density at radius 3 is 2.17 bits per heavy atom. The zero-order chi connectivity index (χ0) is 13.7. The number of ether oxygens (including phenoxy) is 1. The average Bonchev–Trinajstić information content (AvgIpc) is 2.30. The van der Waals surface area contributed by atoms with Crippen molar-refractivity contribution in [2.24, 2.45) is 11.8 Å². The van der Waals surface area contributed by atoms with E-state index >= 15 is 0 Å². The van der Waals surface area contributed by atoms with Crippen LogP contribution in [0.25, 0.3) is 5.76 Å². The molecule has 1 rings (SSSR count). The van der Waals surface area contributed by atoms with Gasteiger partial charge < -0.3 is 9.84 Å². The number of benzene rings is 1. The van der Waals surface area contributed by atoms with Crippen molar-refractivity contribution in [2.75, 3.05) is 7.11 Å². The fraction of sp³-hybridized carbons (Fsp3) is 0.400. The molecule has 1 N–H and O–H groups in total. The maximum absolute atomic E-state index is 11.3. The number of carboxylic acids is 1. The van der Waals surface area contributed by atoms with Gasteiger partial charge in [-0.05, 0) is 18.4 Å². The van der Waals surface area contributed by atoms with Crippen molar-refractivity contribution < 1.29 is 14.6 Å². The molecule has 18 heavy (non-hydrogen) atoms. The smallest absolute Gasteiger partial charge is 0.311 e. The van der Waals surface area contributed by atoms with E-state index in [1.807, 2.05) is 51.1 Å². The second kappa shape index (κ2) is 6.24. The second-order valence-corrected chi connectivity index (χ2v) is 4.64. The summed E-state index contributed by atoms with van der Waals surface area (Å²) in [6.45, 7) is 5.63. The average molecular weight is 248 g/mol. The Morgan fingerprint density at radius 2 is 1.78 bits per heavy atom. The summed E-state index contributed by atoms with van der Waals surface area (Å²) in [4.78, 5) is 11.3. The van der Waals surface area contributed by atoms with E-state index < -0.39 is 11.9 Å². The van der Waals surface area contributed by atoms with Gasteiger partial charge in [-0.1, -0.05) is 44.2 Å². The highest BCUT2D eigenvalue weighted by atomic mass is 16.5. The van der Waals surface area contributed by atoms with Gasteiger partial charge in [-0.2, -0.15) is 0 Å². The molecule has 1 unspecified atom stereocenters. The number of rotatable bonds is 5. The van der Waals surface area contributed by atoms with Gasteiger partial charge in [-0.15, -0.1) is 0 Å². The van der Waals surface area contributed by atoms with Gasteiger partial charge in [-0.25, -0.2) is 0 Å². The number of hydrogen-bond donors (Lipinski definition) is 1. The highest BCUT2D eigenvalue weighted by Gasteiger charge is 2.26. The van der Waals surface area contributed by atoms with E-state index in [4.69, 9.17) is 4.74 Å². The normalized spacial score (nSPS) is 14.1. The van der Waals surface area contributed by atoms with Crippen molar-refractivity contribution in [2.45, 2.75) is 20.8 Å². The number of carbonyl (C=O) groups is 1. The Labute approximate surface area is 108 Å². The van der Waals surface area contributed by atoms with Gasteiger partial charge in [0.05, 0.1) is 13.0 Å². The zero-order valence-corrected chi connectivity index (χ0v) is 11.3. The van der Waals surface area contributed by atoms with Crippen LogP contribution in [0.4, 0.5) is 0 Å². The number of methoxy groups -OCH3 is 1. The van der Waals surface area contributed by atoms with Gasteiger partial charge in [0.15, 0.2) is 0 Å². The molecule has 1 atom stereocenters. The lowest BCUT2D eigenvalue weighted by molar-refractivity contribution is -0.141. The Bertz CT molecular complexity index is 432. The summed E-state index contributed by atoms with van der Waals surface area (Å²) in [6, 6.07) is 9.58. The van der Waals surface area contributed by atoms with Crippen molar-refractivity contribution in [1.29, 1.82) is 0 Å². The van der Waals surface area contributed by atoms with Gasteiger partial charge in [-0.3, -0.25) is 4.79 Å². The van der Waals surface area contributed by atoms with E-state index in [2.05, 4.69) is 0 Å². The summed E-state index contributed by atoms with van der Waals surface area (Å²) in [5, 5.41) is 9.32. The lowest BCUT2D eigenvalue weighted by Gasteiger charge is -2.20. The van der Waals surface area contributed by atoms with Crippen LogP contribution in [0, 0.1) is 11.8 Å². The molecule has 1 aromatic rings. The molecule has 0 saturated heterocycles. The molecule has 3 nitrogen and oxygen atoms in total. The Kier molecular flexibility index (Phi) is 4.95. The van der Waals surface area contributed by atoms with Gasteiger partial charge in [0.1, 0.15) is 5.76 Å². The minimum absolute atomic E-state index is 0.0244. The molecule has 0 aliphatic heterocycles. The summed E-state index contributed by atoms with van der Waals surface area (Å²) in [6.07, 6.45) is 0. The van der Waals surface area contributed by atoms with Crippen LogP contribution in [-0.4, -0.2) is 18.2 Å². The van der Waals surface area contributed by atoms with Crippen LogP contribution >= 0.6 is 0 Å². The van der Waals surface area contributed by atoms with E-state index in [-0.39, 0.29) is 5.92 Å². The minimum Gasteiger partial charge on any atom is -0.496 e. The highest BCUT2D eigenvalue weighted by Crippen LogP contribution is 2.28. The van der Waals surface area contributed by atoms with Gasteiger partial charge in [0.2, 0.25) is 0 Å². The van der Waals surface area contributed by atoms with Gasteiger partial charge >= 0.3 is 5.97 Å². The van der Waals surface area contributed by atoms with Crippen LogP contribution in [0.2, 0.25) is 0 Å². The van der Waals surface area contributed by atoms with Crippen LogP contribution in [0.15, 0.2) is 35.9 Å². The summed E-state index contributed by atoms with van der Waals surface area (Å²) in [5.74, 6) is -0.666. The first-order valence-corrected chi connectivity index (χ1v) is 6.02. The molecule has 0 saturated carbocycles. The zero-order valence-electron chi connectivity index (χ0n) is 11.3. The van der Waals surface area contributed by atoms with Crippen LogP contribution in [0.5, 0.6) is 0 Å². The van der Waals surface area contributed by atoms with E-state index in [9.17, 15) is 9.90 Å². The monoisotopic (exact) mass is 248 g/mol. The Morgan fingerprint density at radius 1 is 1.22 bits per heavy atom. The topological polar surface area (TPSA) is 46.5 Å². The van der Waals surface area contributed by atoms with Crippen molar-refractivity contribution in [3.8, 4) is 0 Å². The third-order valence-electron chi connectivity index (χ3n) is 3.00. The highest BCUT2D eigenvalue weighted by molar-refractivity contribution is 5.78.